The van der Waals surface area contributed by atoms with Crippen molar-refractivity contribution < 1.29 is 18.0 Å². The maximum Gasteiger partial charge on any atom is 0.416 e. The molecule has 1 saturated heterocycles. The molecule has 1 aromatic carbocycles. The fourth-order valence-electron chi connectivity index (χ4n) is 2.92. The lowest BCUT2D eigenvalue weighted by Crippen LogP contribution is -2.58. The molecule has 0 spiro atoms. The third-order valence-electron chi connectivity index (χ3n) is 4.56. The second-order valence-corrected chi connectivity index (χ2v) is 6.31. The van der Waals surface area contributed by atoms with Gasteiger partial charge in [-0.1, -0.05) is 19.1 Å². The Morgan fingerprint density at radius 1 is 1.30 bits per heavy atom. The summed E-state index contributed by atoms with van der Waals surface area (Å²) in [6.07, 6.45) is -3.88. The van der Waals surface area contributed by atoms with Crippen LogP contribution in [0.15, 0.2) is 24.3 Å². The van der Waals surface area contributed by atoms with Gasteiger partial charge in [0.15, 0.2) is 0 Å². The van der Waals surface area contributed by atoms with Crippen LogP contribution in [0.2, 0.25) is 0 Å². The molecule has 3 atom stereocenters. The van der Waals surface area contributed by atoms with Crippen molar-refractivity contribution in [3.8, 4) is 0 Å². The molecular weight excluding hydrogens is 305 g/mol. The maximum absolute atomic E-state index is 12.6. The van der Waals surface area contributed by atoms with Crippen LogP contribution in [0.3, 0.4) is 0 Å². The molecule has 3 nitrogen and oxygen atoms in total. The molecule has 3 unspecified atom stereocenters. The van der Waals surface area contributed by atoms with Crippen LogP contribution in [0.4, 0.5) is 13.2 Å². The van der Waals surface area contributed by atoms with Crippen LogP contribution in [0.25, 0.3) is 0 Å². The smallest absolute Gasteiger partial charge is 0.337 e. The molecule has 1 aliphatic rings. The molecule has 128 valence electrons. The number of carbonyl (C=O) groups is 1. The van der Waals surface area contributed by atoms with Gasteiger partial charge in [0.05, 0.1) is 5.56 Å². The molecule has 1 aliphatic heterocycles. The largest absolute Gasteiger partial charge is 0.416 e. The summed E-state index contributed by atoms with van der Waals surface area (Å²) < 4.78 is 37.7. The van der Waals surface area contributed by atoms with Crippen molar-refractivity contribution >= 4 is 5.91 Å². The second-order valence-electron chi connectivity index (χ2n) is 6.31. The fraction of sp³-hybridized carbons (Fsp3) is 0.588. The van der Waals surface area contributed by atoms with E-state index < -0.39 is 11.7 Å². The first-order valence-corrected chi connectivity index (χ1v) is 7.90. The average Bonchev–Trinajstić information content (AvgIpc) is 2.49. The molecule has 1 fully saturated rings. The van der Waals surface area contributed by atoms with Crippen molar-refractivity contribution in [3.05, 3.63) is 35.4 Å². The molecule has 23 heavy (non-hydrogen) atoms. The van der Waals surface area contributed by atoms with Gasteiger partial charge in [0.25, 0.3) is 0 Å². The minimum absolute atomic E-state index is 0.0609. The minimum atomic E-state index is -4.33. The SMILES string of the molecule is CC(Cc1ccc(C(F)(F)F)cc1)C(=O)N1CCNC(C)C1C. The highest BCUT2D eigenvalue weighted by Crippen LogP contribution is 2.29. The summed E-state index contributed by atoms with van der Waals surface area (Å²) in [6, 6.07) is 5.41. The lowest BCUT2D eigenvalue weighted by molar-refractivity contribution is -0.139. The highest BCUT2D eigenvalue weighted by Gasteiger charge is 2.32. The predicted molar refractivity (Wildman–Crippen MR) is 83.0 cm³/mol. The van der Waals surface area contributed by atoms with Gasteiger partial charge in [-0.3, -0.25) is 4.79 Å². The Morgan fingerprint density at radius 3 is 2.48 bits per heavy atom. The summed E-state index contributed by atoms with van der Waals surface area (Å²) in [4.78, 5) is 14.5. The third-order valence-corrected chi connectivity index (χ3v) is 4.56. The number of piperazine rings is 1. The molecule has 1 amide bonds. The molecule has 0 aromatic heterocycles. The van der Waals surface area contributed by atoms with Gasteiger partial charge in [-0.2, -0.15) is 13.2 Å². The zero-order valence-corrected chi connectivity index (χ0v) is 13.7. The Hall–Kier alpha value is -1.56. The van der Waals surface area contributed by atoms with Crippen LogP contribution in [-0.2, 0) is 17.4 Å². The summed E-state index contributed by atoms with van der Waals surface area (Å²) in [5, 5.41) is 3.33. The summed E-state index contributed by atoms with van der Waals surface area (Å²) in [5.41, 5.74) is 0.0828. The number of alkyl halides is 3. The van der Waals surface area contributed by atoms with Crippen molar-refractivity contribution in [2.24, 2.45) is 5.92 Å². The van der Waals surface area contributed by atoms with Crippen molar-refractivity contribution in [2.45, 2.75) is 45.5 Å². The second kappa shape index (κ2) is 6.91. The van der Waals surface area contributed by atoms with Gasteiger partial charge < -0.3 is 10.2 Å². The van der Waals surface area contributed by atoms with Crippen molar-refractivity contribution in [2.75, 3.05) is 13.1 Å². The zero-order chi connectivity index (χ0) is 17.2. The first-order valence-electron chi connectivity index (χ1n) is 7.90. The highest BCUT2D eigenvalue weighted by atomic mass is 19.4. The Morgan fingerprint density at radius 2 is 1.91 bits per heavy atom. The Bertz CT molecular complexity index is 542. The van der Waals surface area contributed by atoms with Crippen molar-refractivity contribution in [3.63, 3.8) is 0 Å². The summed E-state index contributed by atoms with van der Waals surface area (Å²) >= 11 is 0. The molecule has 1 N–H and O–H groups in total. The van der Waals surface area contributed by atoms with Crippen molar-refractivity contribution in [1.29, 1.82) is 0 Å². The van der Waals surface area contributed by atoms with Gasteiger partial charge in [-0.15, -0.1) is 0 Å². The predicted octanol–water partition coefficient (Wildman–Crippen LogP) is 3.09. The first-order chi connectivity index (χ1) is 10.7. The quantitative estimate of drug-likeness (QED) is 0.925. The van der Waals surface area contributed by atoms with E-state index in [1.165, 1.54) is 12.1 Å². The van der Waals surface area contributed by atoms with Crippen LogP contribution in [0.1, 0.15) is 31.9 Å². The molecule has 1 heterocycles. The van der Waals surface area contributed by atoms with Crippen molar-refractivity contribution in [1.82, 2.24) is 10.2 Å². The monoisotopic (exact) mass is 328 g/mol. The third kappa shape index (κ3) is 4.25. The minimum Gasteiger partial charge on any atom is -0.337 e. The van der Waals surface area contributed by atoms with Gasteiger partial charge >= 0.3 is 6.18 Å². The van der Waals surface area contributed by atoms with Crippen LogP contribution in [0, 0.1) is 5.92 Å². The van der Waals surface area contributed by atoms with E-state index >= 15 is 0 Å². The van der Waals surface area contributed by atoms with Crippen LogP contribution < -0.4 is 5.32 Å². The Balaban J connectivity index is 2.01. The van der Waals surface area contributed by atoms with Crippen LogP contribution in [-0.4, -0.2) is 36.0 Å². The van der Waals surface area contributed by atoms with E-state index in [9.17, 15) is 18.0 Å². The lowest BCUT2D eigenvalue weighted by atomic mass is 9.97. The van der Waals surface area contributed by atoms with E-state index in [0.717, 1.165) is 24.2 Å². The topological polar surface area (TPSA) is 32.3 Å². The molecule has 2 rings (SSSR count). The standard InChI is InChI=1S/C17H23F3N2O/c1-11(16(23)22-9-8-21-12(2)13(22)3)10-14-4-6-15(7-5-14)17(18,19)20/h4-7,11-13,21H,8-10H2,1-3H3. The number of nitrogens with one attached hydrogen (secondary N) is 1. The lowest BCUT2D eigenvalue weighted by Gasteiger charge is -2.40. The normalized spacial score (nSPS) is 23.7. The molecule has 0 radical (unpaired) electrons. The van der Waals surface area contributed by atoms with Gasteiger partial charge in [-0.05, 0) is 38.0 Å². The molecule has 0 aliphatic carbocycles. The van der Waals surface area contributed by atoms with E-state index in [4.69, 9.17) is 0 Å². The van der Waals surface area contributed by atoms with Crippen LogP contribution in [0.5, 0.6) is 0 Å². The summed E-state index contributed by atoms with van der Waals surface area (Å²) in [5.74, 6) is -0.190. The summed E-state index contributed by atoms with van der Waals surface area (Å²) in [6.45, 7) is 7.33. The maximum atomic E-state index is 12.6. The van der Waals surface area contributed by atoms with Gasteiger partial charge in [0.2, 0.25) is 5.91 Å². The molecule has 0 bridgehead atoms. The van der Waals surface area contributed by atoms with Gasteiger partial charge in [-0.25, -0.2) is 0 Å². The molecule has 1 aromatic rings. The molecule has 6 heteroatoms. The fourth-order valence-corrected chi connectivity index (χ4v) is 2.92. The molecule has 0 saturated carbocycles. The molecular formula is C17H23F3N2O. The first kappa shape index (κ1) is 17.8. The van der Waals surface area contributed by atoms with E-state index in [-0.39, 0.29) is 23.9 Å². The number of benzene rings is 1. The van der Waals surface area contributed by atoms with E-state index in [0.29, 0.717) is 13.0 Å². The zero-order valence-electron chi connectivity index (χ0n) is 13.7. The number of halogens is 3. The van der Waals surface area contributed by atoms with Crippen LogP contribution >= 0.6 is 0 Å². The van der Waals surface area contributed by atoms with Gasteiger partial charge in [0.1, 0.15) is 0 Å². The highest BCUT2D eigenvalue weighted by molar-refractivity contribution is 5.79. The number of hydrogen-bond donors (Lipinski definition) is 1. The summed E-state index contributed by atoms with van der Waals surface area (Å²) in [7, 11) is 0. The van der Waals surface area contributed by atoms with E-state index in [2.05, 4.69) is 5.32 Å². The van der Waals surface area contributed by atoms with E-state index in [1.807, 2.05) is 25.7 Å². The average molecular weight is 328 g/mol. The van der Waals surface area contributed by atoms with E-state index in [1.54, 1.807) is 0 Å². The number of carbonyl (C=O) groups excluding carboxylic acids is 1. The Kier molecular flexibility index (Phi) is 5.34. The van der Waals surface area contributed by atoms with Gasteiger partial charge in [0, 0.05) is 31.1 Å². The number of nitrogens with zero attached hydrogens (tertiary/aromatic N) is 1. The Labute approximate surface area is 134 Å². The number of hydrogen-bond acceptors (Lipinski definition) is 2. The number of amides is 1. The number of rotatable bonds is 3.